The number of alkyl halides is 3. The Morgan fingerprint density at radius 3 is 2.59 bits per heavy atom. The lowest BCUT2D eigenvalue weighted by molar-refractivity contribution is -0.140. The van der Waals surface area contributed by atoms with Crippen molar-refractivity contribution in [2.75, 3.05) is 31.1 Å². The minimum absolute atomic E-state index is 0.0472. The van der Waals surface area contributed by atoms with Crippen LogP contribution in [0.3, 0.4) is 0 Å². The Balaban J connectivity index is 1.47. The van der Waals surface area contributed by atoms with Crippen LogP contribution in [0, 0.1) is 11.8 Å². The van der Waals surface area contributed by atoms with Crippen LogP contribution in [-0.2, 0) is 6.18 Å². The molecular weight excluding hydrogens is 492 g/mol. The van der Waals surface area contributed by atoms with Gasteiger partial charge in [-0.1, -0.05) is 29.3 Å². The molecule has 182 valence electrons. The van der Waals surface area contributed by atoms with Gasteiger partial charge in [0.15, 0.2) is 11.3 Å². The highest BCUT2D eigenvalue weighted by Gasteiger charge is 2.40. The quantitative estimate of drug-likeness (QED) is 0.509. The summed E-state index contributed by atoms with van der Waals surface area (Å²) in [6.45, 7) is 4.48. The smallest absolute Gasteiger partial charge is 0.355 e. The number of piperidine rings is 1. The number of rotatable bonds is 4. The van der Waals surface area contributed by atoms with Crippen molar-refractivity contribution in [3.63, 3.8) is 0 Å². The number of fused-ring (bicyclic) bond motifs is 1. The highest BCUT2D eigenvalue weighted by molar-refractivity contribution is 6.35. The average Bonchev–Trinajstić information content (AvgIpc) is 3.12. The number of benzene rings is 1. The van der Waals surface area contributed by atoms with E-state index in [1.165, 1.54) is 15.9 Å². The Kier molecular flexibility index (Phi) is 6.12. The van der Waals surface area contributed by atoms with E-state index in [1.807, 2.05) is 4.90 Å². The molecule has 0 radical (unpaired) electrons. The van der Waals surface area contributed by atoms with Crippen molar-refractivity contribution in [3.05, 3.63) is 45.7 Å². The SMILES string of the molecule is CC(c1ccc(Cl)cc1Cl)n1nc(C(F)(F)F)c2ncc(N3CC([C@H]4CCCN(O)C4)C3)nc21. The molecule has 1 unspecified atom stereocenters. The summed E-state index contributed by atoms with van der Waals surface area (Å²) in [7, 11) is 0. The zero-order chi connectivity index (χ0) is 24.2. The summed E-state index contributed by atoms with van der Waals surface area (Å²) in [6, 6.07) is 4.21. The Bertz CT molecular complexity index is 1210. The lowest BCUT2D eigenvalue weighted by atomic mass is 9.81. The normalized spacial score (nSPS) is 21.1. The maximum atomic E-state index is 13.7. The lowest BCUT2D eigenvalue weighted by Crippen LogP contribution is -2.53. The number of hydrogen-bond donors (Lipinski definition) is 1. The van der Waals surface area contributed by atoms with Gasteiger partial charge in [-0.05, 0) is 49.3 Å². The topological polar surface area (TPSA) is 70.3 Å². The van der Waals surface area contributed by atoms with Crippen molar-refractivity contribution >= 4 is 40.2 Å². The molecule has 2 atom stereocenters. The molecule has 2 aliphatic heterocycles. The van der Waals surface area contributed by atoms with Crippen molar-refractivity contribution in [2.45, 2.75) is 32.0 Å². The third-order valence-electron chi connectivity index (χ3n) is 6.78. The van der Waals surface area contributed by atoms with Crippen molar-refractivity contribution in [2.24, 2.45) is 11.8 Å². The summed E-state index contributed by atoms with van der Waals surface area (Å²) in [6.07, 6.45) is -1.30. The molecule has 7 nitrogen and oxygen atoms in total. The van der Waals surface area contributed by atoms with E-state index in [2.05, 4.69) is 15.1 Å². The highest BCUT2D eigenvalue weighted by Crippen LogP contribution is 2.38. The predicted octanol–water partition coefficient (Wildman–Crippen LogP) is 5.30. The van der Waals surface area contributed by atoms with Crippen LogP contribution in [0.15, 0.2) is 24.4 Å². The Hall–Kier alpha value is -2.14. The molecule has 1 aromatic carbocycles. The molecule has 1 N–H and O–H groups in total. The third kappa shape index (κ3) is 4.32. The summed E-state index contributed by atoms with van der Waals surface area (Å²) in [5.74, 6) is 1.29. The monoisotopic (exact) mass is 514 g/mol. The first-order chi connectivity index (χ1) is 16.1. The fourth-order valence-corrected chi connectivity index (χ4v) is 5.42. The Morgan fingerprint density at radius 2 is 1.91 bits per heavy atom. The van der Waals surface area contributed by atoms with Gasteiger partial charge < -0.3 is 10.1 Å². The second-order valence-corrected chi connectivity index (χ2v) is 9.86. The zero-order valence-electron chi connectivity index (χ0n) is 18.3. The van der Waals surface area contributed by atoms with Crippen LogP contribution >= 0.6 is 23.2 Å². The molecule has 5 rings (SSSR count). The standard InChI is InChI=1S/C22H23Cl2F3N6O/c1-12(16-5-4-15(23)7-17(16)24)33-21-19(20(30-33)22(25,26)27)28-8-18(29-21)31-9-14(10-31)13-3-2-6-32(34)11-13/h4-5,7-8,12-14,34H,2-3,6,9-11H2,1H3/t12?,13-/m0/s1. The predicted molar refractivity (Wildman–Crippen MR) is 122 cm³/mol. The van der Waals surface area contributed by atoms with E-state index >= 15 is 0 Å². The van der Waals surface area contributed by atoms with E-state index in [0.717, 1.165) is 25.9 Å². The summed E-state index contributed by atoms with van der Waals surface area (Å²) < 4.78 is 42.4. The van der Waals surface area contributed by atoms with Crippen LogP contribution in [0.25, 0.3) is 11.2 Å². The minimum Gasteiger partial charge on any atom is -0.355 e. The second-order valence-electron chi connectivity index (χ2n) is 9.01. The van der Waals surface area contributed by atoms with Gasteiger partial charge in [0, 0.05) is 36.2 Å². The highest BCUT2D eigenvalue weighted by atomic mass is 35.5. The number of nitrogens with zero attached hydrogens (tertiary/aromatic N) is 6. The number of halogens is 5. The van der Waals surface area contributed by atoms with Gasteiger partial charge in [0.25, 0.3) is 0 Å². The van der Waals surface area contributed by atoms with Crippen molar-refractivity contribution in [1.82, 2.24) is 24.8 Å². The van der Waals surface area contributed by atoms with Crippen LogP contribution in [0.1, 0.15) is 37.1 Å². The second kappa shape index (κ2) is 8.82. The van der Waals surface area contributed by atoms with Gasteiger partial charge in [0.05, 0.1) is 12.2 Å². The molecule has 0 aliphatic carbocycles. The van der Waals surface area contributed by atoms with Crippen LogP contribution in [0.2, 0.25) is 10.0 Å². The van der Waals surface area contributed by atoms with E-state index in [0.29, 0.717) is 46.4 Å². The van der Waals surface area contributed by atoms with Crippen molar-refractivity contribution in [1.29, 1.82) is 0 Å². The summed E-state index contributed by atoms with van der Waals surface area (Å²) in [5.41, 5.74) is -0.754. The number of anilines is 1. The lowest BCUT2D eigenvalue weighted by Gasteiger charge is -2.46. The van der Waals surface area contributed by atoms with Gasteiger partial charge in [-0.25, -0.2) is 14.6 Å². The van der Waals surface area contributed by atoms with Crippen LogP contribution in [0.4, 0.5) is 19.0 Å². The summed E-state index contributed by atoms with van der Waals surface area (Å²) >= 11 is 12.3. The van der Waals surface area contributed by atoms with E-state index in [1.54, 1.807) is 25.1 Å². The maximum absolute atomic E-state index is 13.7. The first-order valence-corrected chi connectivity index (χ1v) is 11.8. The first kappa shape index (κ1) is 23.6. The molecule has 0 bridgehead atoms. The van der Waals surface area contributed by atoms with E-state index in [4.69, 9.17) is 23.2 Å². The summed E-state index contributed by atoms with van der Waals surface area (Å²) in [5, 5.41) is 15.8. The number of aromatic nitrogens is 4. The molecule has 4 heterocycles. The minimum atomic E-state index is -4.68. The molecule has 2 aliphatic rings. The Morgan fingerprint density at radius 1 is 1.15 bits per heavy atom. The Labute approximate surface area is 204 Å². The van der Waals surface area contributed by atoms with Crippen molar-refractivity contribution in [3.8, 4) is 0 Å². The van der Waals surface area contributed by atoms with Gasteiger partial charge in [-0.15, -0.1) is 0 Å². The number of hydrogen-bond acceptors (Lipinski definition) is 6. The molecule has 2 fully saturated rings. The van der Waals surface area contributed by atoms with Crippen LogP contribution < -0.4 is 4.90 Å². The molecule has 0 spiro atoms. The fourth-order valence-electron chi connectivity index (χ4n) is 4.86. The van der Waals surface area contributed by atoms with Crippen LogP contribution in [0.5, 0.6) is 0 Å². The first-order valence-electron chi connectivity index (χ1n) is 11.1. The van der Waals surface area contributed by atoms with Gasteiger partial charge >= 0.3 is 6.18 Å². The molecule has 2 saturated heterocycles. The molecule has 34 heavy (non-hydrogen) atoms. The molecule has 2 aromatic heterocycles. The number of hydroxylamine groups is 2. The van der Waals surface area contributed by atoms with E-state index < -0.39 is 17.9 Å². The molecular formula is C22H23Cl2F3N6O. The third-order valence-corrected chi connectivity index (χ3v) is 7.34. The van der Waals surface area contributed by atoms with Crippen molar-refractivity contribution < 1.29 is 18.4 Å². The molecule has 0 saturated carbocycles. The van der Waals surface area contributed by atoms with Gasteiger partial charge in [-0.3, -0.25) is 0 Å². The zero-order valence-corrected chi connectivity index (χ0v) is 19.8. The maximum Gasteiger partial charge on any atom is 0.437 e. The fraction of sp³-hybridized carbons (Fsp3) is 0.500. The van der Waals surface area contributed by atoms with Gasteiger partial charge in [0.2, 0.25) is 0 Å². The molecule has 3 aromatic rings. The molecule has 0 amide bonds. The largest absolute Gasteiger partial charge is 0.437 e. The van der Waals surface area contributed by atoms with E-state index in [9.17, 15) is 18.4 Å². The van der Waals surface area contributed by atoms with Crippen LogP contribution in [-0.4, -0.2) is 56.2 Å². The molecule has 12 heteroatoms. The summed E-state index contributed by atoms with van der Waals surface area (Å²) in [4.78, 5) is 10.7. The van der Waals surface area contributed by atoms with Gasteiger partial charge in [0.1, 0.15) is 11.3 Å². The van der Waals surface area contributed by atoms with E-state index in [-0.39, 0.29) is 11.2 Å². The van der Waals surface area contributed by atoms with Gasteiger partial charge in [-0.2, -0.15) is 23.3 Å². The average molecular weight is 515 g/mol.